The van der Waals surface area contributed by atoms with Crippen LogP contribution < -0.4 is 5.73 Å². The van der Waals surface area contributed by atoms with E-state index < -0.39 is 0 Å². The maximum atomic E-state index is 5.85. The highest BCUT2D eigenvalue weighted by atomic mass is 15.1. The second kappa shape index (κ2) is 4.77. The average molecular weight is 204 g/mol. The first-order valence-corrected chi connectivity index (χ1v) is 5.80. The van der Waals surface area contributed by atoms with E-state index in [-0.39, 0.29) is 6.04 Å². The molecule has 2 rings (SSSR count). The van der Waals surface area contributed by atoms with Gasteiger partial charge in [-0.25, -0.2) is 0 Å². The van der Waals surface area contributed by atoms with Crippen molar-refractivity contribution in [2.45, 2.75) is 32.4 Å². The third-order valence-corrected chi connectivity index (χ3v) is 2.98. The largest absolute Gasteiger partial charge is 0.327 e. The van der Waals surface area contributed by atoms with E-state index in [0.717, 1.165) is 13.1 Å². The molecule has 0 aromatic heterocycles. The van der Waals surface area contributed by atoms with E-state index in [1.165, 1.54) is 30.5 Å². The summed E-state index contributed by atoms with van der Waals surface area (Å²) in [5, 5.41) is 0. The maximum Gasteiger partial charge on any atom is 0.0237 e. The fourth-order valence-corrected chi connectivity index (χ4v) is 2.33. The number of aryl methyl sites for hydroxylation is 1. The van der Waals surface area contributed by atoms with Crippen molar-refractivity contribution in [1.29, 1.82) is 0 Å². The van der Waals surface area contributed by atoms with Crippen molar-refractivity contribution >= 4 is 0 Å². The van der Waals surface area contributed by atoms with Crippen LogP contribution in [-0.4, -0.2) is 24.0 Å². The Morgan fingerprint density at radius 3 is 2.80 bits per heavy atom. The molecule has 1 aliphatic rings. The molecule has 0 saturated carbocycles. The molecule has 2 heteroatoms. The monoisotopic (exact) mass is 204 g/mol. The Labute approximate surface area is 92.1 Å². The molecule has 0 radical (unpaired) electrons. The Morgan fingerprint density at radius 1 is 1.33 bits per heavy atom. The molecular formula is C13H20N2. The predicted molar refractivity (Wildman–Crippen MR) is 63.7 cm³/mol. The summed E-state index contributed by atoms with van der Waals surface area (Å²) >= 11 is 0. The molecule has 15 heavy (non-hydrogen) atoms. The lowest BCUT2D eigenvalue weighted by Crippen LogP contribution is -2.35. The lowest BCUT2D eigenvalue weighted by molar-refractivity contribution is 0.257. The number of nitrogens with zero attached hydrogens (tertiary/aromatic N) is 1. The highest BCUT2D eigenvalue weighted by Crippen LogP contribution is 2.18. The Bertz CT molecular complexity index is 320. The zero-order valence-corrected chi connectivity index (χ0v) is 9.45. The van der Waals surface area contributed by atoms with Crippen LogP contribution in [0.2, 0.25) is 0 Å². The standard InChI is InChI=1S/C13H20N2/c1-11(14)9-15-8-4-7-12-5-2-3-6-13(12)10-15/h2-3,5-6,11H,4,7-10,14H2,1H3. The number of fused-ring (bicyclic) bond motifs is 1. The van der Waals surface area contributed by atoms with Crippen LogP contribution in [0.4, 0.5) is 0 Å². The van der Waals surface area contributed by atoms with Crippen molar-refractivity contribution in [3.8, 4) is 0 Å². The number of rotatable bonds is 2. The van der Waals surface area contributed by atoms with Gasteiger partial charge in [-0.2, -0.15) is 0 Å². The van der Waals surface area contributed by atoms with E-state index in [9.17, 15) is 0 Å². The van der Waals surface area contributed by atoms with Gasteiger partial charge < -0.3 is 5.73 Å². The van der Waals surface area contributed by atoms with E-state index in [0.29, 0.717) is 0 Å². The molecule has 1 aromatic rings. The zero-order valence-electron chi connectivity index (χ0n) is 9.45. The summed E-state index contributed by atoms with van der Waals surface area (Å²) in [6.45, 7) is 5.33. The van der Waals surface area contributed by atoms with Crippen LogP contribution in [0.25, 0.3) is 0 Å². The fourth-order valence-electron chi connectivity index (χ4n) is 2.33. The summed E-state index contributed by atoms with van der Waals surface area (Å²) in [5.74, 6) is 0. The minimum atomic E-state index is 0.273. The summed E-state index contributed by atoms with van der Waals surface area (Å²) in [5.41, 5.74) is 8.85. The van der Waals surface area contributed by atoms with Crippen molar-refractivity contribution in [1.82, 2.24) is 4.90 Å². The normalized spacial score (nSPS) is 19.3. The van der Waals surface area contributed by atoms with E-state index >= 15 is 0 Å². The Hall–Kier alpha value is -0.860. The van der Waals surface area contributed by atoms with Gasteiger partial charge in [-0.15, -0.1) is 0 Å². The number of benzene rings is 1. The second-order valence-corrected chi connectivity index (χ2v) is 4.58. The van der Waals surface area contributed by atoms with Gasteiger partial charge in [0.05, 0.1) is 0 Å². The van der Waals surface area contributed by atoms with Gasteiger partial charge in [0, 0.05) is 19.1 Å². The van der Waals surface area contributed by atoms with Crippen molar-refractivity contribution in [2.75, 3.05) is 13.1 Å². The maximum absolute atomic E-state index is 5.85. The molecule has 0 amide bonds. The number of nitrogens with two attached hydrogens (primary N) is 1. The second-order valence-electron chi connectivity index (χ2n) is 4.58. The molecule has 2 nitrogen and oxygen atoms in total. The minimum Gasteiger partial charge on any atom is -0.327 e. The van der Waals surface area contributed by atoms with Crippen LogP contribution in [0.1, 0.15) is 24.5 Å². The summed E-state index contributed by atoms with van der Waals surface area (Å²) in [7, 11) is 0. The van der Waals surface area contributed by atoms with Crippen LogP contribution in [-0.2, 0) is 13.0 Å². The van der Waals surface area contributed by atoms with Crippen molar-refractivity contribution < 1.29 is 0 Å². The van der Waals surface area contributed by atoms with E-state index in [1.54, 1.807) is 0 Å². The molecule has 1 atom stereocenters. The number of hydrogen-bond acceptors (Lipinski definition) is 2. The Kier molecular flexibility index (Phi) is 3.39. The van der Waals surface area contributed by atoms with Gasteiger partial charge in [0.15, 0.2) is 0 Å². The van der Waals surface area contributed by atoms with Crippen molar-refractivity contribution in [3.63, 3.8) is 0 Å². The summed E-state index contributed by atoms with van der Waals surface area (Å²) in [4.78, 5) is 2.47. The molecule has 1 heterocycles. The molecule has 0 aliphatic carbocycles. The van der Waals surface area contributed by atoms with E-state index in [4.69, 9.17) is 5.73 Å². The van der Waals surface area contributed by atoms with Gasteiger partial charge in [-0.3, -0.25) is 4.90 Å². The van der Waals surface area contributed by atoms with E-state index in [1.807, 2.05) is 0 Å². The molecule has 0 spiro atoms. The lowest BCUT2D eigenvalue weighted by Gasteiger charge is -2.22. The quantitative estimate of drug-likeness (QED) is 0.795. The topological polar surface area (TPSA) is 29.3 Å². The summed E-state index contributed by atoms with van der Waals surface area (Å²) < 4.78 is 0. The lowest BCUT2D eigenvalue weighted by atomic mass is 10.0. The molecule has 1 aliphatic heterocycles. The molecule has 0 bridgehead atoms. The first kappa shape index (κ1) is 10.7. The fraction of sp³-hybridized carbons (Fsp3) is 0.538. The summed E-state index contributed by atoms with van der Waals surface area (Å²) in [6, 6.07) is 9.05. The van der Waals surface area contributed by atoms with Crippen molar-refractivity contribution in [2.24, 2.45) is 5.73 Å². The molecule has 0 fully saturated rings. The third kappa shape index (κ3) is 2.80. The smallest absolute Gasteiger partial charge is 0.0237 e. The van der Waals surface area contributed by atoms with Crippen LogP contribution in [0, 0.1) is 0 Å². The zero-order chi connectivity index (χ0) is 10.7. The van der Waals surface area contributed by atoms with Gasteiger partial charge in [-0.05, 0) is 37.4 Å². The van der Waals surface area contributed by atoms with Crippen molar-refractivity contribution in [3.05, 3.63) is 35.4 Å². The first-order valence-electron chi connectivity index (χ1n) is 5.80. The van der Waals surface area contributed by atoms with Gasteiger partial charge in [0.2, 0.25) is 0 Å². The Morgan fingerprint density at radius 2 is 2.07 bits per heavy atom. The Balaban J connectivity index is 2.10. The molecule has 0 saturated heterocycles. The average Bonchev–Trinajstić information content (AvgIpc) is 2.38. The van der Waals surface area contributed by atoms with Crippen LogP contribution in [0.5, 0.6) is 0 Å². The van der Waals surface area contributed by atoms with Gasteiger partial charge >= 0.3 is 0 Å². The molecular weight excluding hydrogens is 184 g/mol. The number of hydrogen-bond donors (Lipinski definition) is 1. The van der Waals surface area contributed by atoms with Gasteiger partial charge in [0.25, 0.3) is 0 Å². The predicted octanol–water partition coefficient (Wildman–Crippen LogP) is 1.78. The summed E-state index contributed by atoms with van der Waals surface area (Å²) in [6.07, 6.45) is 2.47. The molecule has 82 valence electrons. The van der Waals surface area contributed by atoms with E-state index in [2.05, 4.69) is 36.1 Å². The SMILES string of the molecule is CC(N)CN1CCCc2ccccc2C1. The third-order valence-electron chi connectivity index (χ3n) is 2.98. The minimum absolute atomic E-state index is 0.273. The van der Waals surface area contributed by atoms with Crippen LogP contribution in [0.3, 0.4) is 0 Å². The van der Waals surface area contributed by atoms with Gasteiger partial charge in [0.1, 0.15) is 0 Å². The molecule has 1 aromatic carbocycles. The van der Waals surface area contributed by atoms with Crippen LogP contribution >= 0.6 is 0 Å². The van der Waals surface area contributed by atoms with Crippen LogP contribution in [0.15, 0.2) is 24.3 Å². The van der Waals surface area contributed by atoms with Gasteiger partial charge in [-0.1, -0.05) is 24.3 Å². The molecule has 1 unspecified atom stereocenters. The highest BCUT2D eigenvalue weighted by molar-refractivity contribution is 5.27. The highest BCUT2D eigenvalue weighted by Gasteiger charge is 2.14. The molecule has 2 N–H and O–H groups in total. The first-order chi connectivity index (χ1) is 7.25.